The van der Waals surface area contributed by atoms with Gasteiger partial charge in [-0.1, -0.05) is 23.8 Å². The van der Waals surface area contributed by atoms with E-state index in [-0.39, 0.29) is 23.9 Å². The van der Waals surface area contributed by atoms with Crippen molar-refractivity contribution < 1.29 is 9.31 Å². The second kappa shape index (κ2) is 4.59. The van der Waals surface area contributed by atoms with E-state index in [1.54, 1.807) is 0 Å². The second-order valence-electron chi connectivity index (χ2n) is 7.38. The Balaban J connectivity index is 2.33. The highest BCUT2D eigenvalue weighted by Crippen LogP contribution is 2.36. The van der Waals surface area contributed by atoms with Crippen LogP contribution in [0.15, 0.2) is 18.2 Å². The predicted molar refractivity (Wildman–Crippen MR) is 84.1 cm³/mol. The quantitative estimate of drug-likeness (QED) is 0.843. The highest BCUT2D eigenvalue weighted by atomic mass is 16.7. The molecule has 1 aliphatic heterocycles. The summed E-state index contributed by atoms with van der Waals surface area (Å²) >= 11 is 0. The monoisotopic (exact) mass is 275 g/mol. The van der Waals surface area contributed by atoms with Gasteiger partial charge in [-0.05, 0) is 59.5 Å². The first kappa shape index (κ1) is 15.6. The van der Waals surface area contributed by atoms with E-state index < -0.39 is 0 Å². The SMILES string of the molecule is Cc1cc(C(C)(C)N)ccc1B1OC(C)(C)C(C)(C)O1. The third-order valence-corrected chi connectivity index (χ3v) is 4.52. The number of nitrogens with two attached hydrogens (primary N) is 1. The molecule has 0 radical (unpaired) electrons. The van der Waals surface area contributed by atoms with E-state index in [0.29, 0.717) is 0 Å². The molecule has 0 saturated carbocycles. The molecule has 0 atom stereocenters. The summed E-state index contributed by atoms with van der Waals surface area (Å²) in [6, 6.07) is 6.26. The van der Waals surface area contributed by atoms with Crippen molar-refractivity contribution in [1.82, 2.24) is 0 Å². The van der Waals surface area contributed by atoms with Crippen LogP contribution in [0.25, 0.3) is 0 Å². The summed E-state index contributed by atoms with van der Waals surface area (Å²) in [6.45, 7) is 14.4. The van der Waals surface area contributed by atoms with Crippen molar-refractivity contribution in [2.75, 3.05) is 0 Å². The molecule has 1 heterocycles. The molecular formula is C16H26BNO2. The normalized spacial score (nSPS) is 21.3. The molecular weight excluding hydrogens is 249 g/mol. The lowest BCUT2D eigenvalue weighted by Crippen LogP contribution is -2.41. The van der Waals surface area contributed by atoms with Crippen LogP contribution in [-0.2, 0) is 14.8 Å². The lowest BCUT2D eigenvalue weighted by molar-refractivity contribution is 0.00578. The first-order valence-electron chi connectivity index (χ1n) is 7.20. The number of hydrogen-bond donors (Lipinski definition) is 1. The molecule has 1 aromatic carbocycles. The molecule has 1 aliphatic rings. The van der Waals surface area contributed by atoms with Crippen LogP contribution in [0, 0.1) is 6.92 Å². The highest BCUT2D eigenvalue weighted by molar-refractivity contribution is 6.62. The zero-order valence-corrected chi connectivity index (χ0v) is 13.7. The summed E-state index contributed by atoms with van der Waals surface area (Å²) in [7, 11) is -0.310. The van der Waals surface area contributed by atoms with Crippen molar-refractivity contribution >= 4 is 12.6 Å². The van der Waals surface area contributed by atoms with Gasteiger partial charge in [0.05, 0.1) is 11.2 Å². The summed E-state index contributed by atoms with van der Waals surface area (Å²) < 4.78 is 12.2. The Morgan fingerprint density at radius 2 is 1.55 bits per heavy atom. The van der Waals surface area contributed by atoms with Gasteiger partial charge in [-0.2, -0.15) is 0 Å². The van der Waals surface area contributed by atoms with Crippen molar-refractivity contribution in [2.24, 2.45) is 5.73 Å². The first-order chi connectivity index (χ1) is 8.94. The molecule has 0 bridgehead atoms. The summed E-state index contributed by atoms with van der Waals surface area (Å²) in [5.41, 5.74) is 8.55. The summed E-state index contributed by atoms with van der Waals surface area (Å²) in [5.74, 6) is 0. The molecule has 0 aromatic heterocycles. The molecule has 1 aromatic rings. The number of aryl methyl sites for hydroxylation is 1. The smallest absolute Gasteiger partial charge is 0.399 e. The Bertz CT molecular complexity index is 502. The Morgan fingerprint density at radius 3 is 1.95 bits per heavy atom. The fourth-order valence-corrected chi connectivity index (χ4v) is 2.31. The molecule has 2 N–H and O–H groups in total. The number of benzene rings is 1. The third-order valence-electron chi connectivity index (χ3n) is 4.52. The lowest BCUT2D eigenvalue weighted by atomic mass is 9.75. The predicted octanol–water partition coefficient (Wildman–Crippen LogP) is 2.49. The van der Waals surface area contributed by atoms with Gasteiger partial charge in [0.1, 0.15) is 0 Å². The molecule has 0 aliphatic carbocycles. The Hall–Kier alpha value is -0.835. The molecule has 110 valence electrons. The first-order valence-corrected chi connectivity index (χ1v) is 7.20. The van der Waals surface area contributed by atoms with Crippen molar-refractivity contribution in [3.05, 3.63) is 29.3 Å². The van der Waals surface area contributed by atoms with E-state index in [1.807, 2.05) is 13.8 Å². The van der Waals surface area contributed by atoms with Crippen LogP contribution < -0.4 is 11.2 Å². The van der Waals surface area contributed by atoms with E-state index in [9.17, 15) is 0 Å². The van der Waals surface area contributed by atoms with Gasteiger partial charge >= 0.3 is 7.12 Å². The minimum Gasteiger partial charge on any atom is -0.399 e. The number of hydrogen-bond acceptors (Lipinski definition) is 3. The van der Waals surface area contributed by atoms with Crippen molar-refractivity contribution in [2.45, 2.75) is 65.2 Å². The molecule has 4 heteroatoms. The molecule has 3 nitrogen and oxygen atoms in total. The Morgan fingerprint density at radius 1 is 1.05 bits per heavy atom. The maximum atomic E-state index is 6.15. The van der Waals surface area contributed by atoms with Gasteiger partial charge in [-0.3, -0.25) is 0 Å². The topological polar surface area (TPSA) is 44.5 Å². The Labute approximate surface area is 123 Å². The van der Waals surface area contributed by atoms with Crippen LogP contribution in [0.2, 0.25) is 0 Å². The van der Waals surface area contributed by atoms with Gasteiger partial charge in [0.2, 0.25) is 0 Å². The average Bonchev–Trinajstić information content (AvgIpc) is 2.46. The summed E-state index contributed by atoms with van der Waals surface area (Å²) in [4.78, 5) is 0. The minimum absolute atomic E-state index is 0.310. The average molecular weight is 275 g/mol. The van der Waals surface area contributed by atoms with Gasteiger partial charge in [0, 0.05) is 5.54 Å². The van der Waals surface area contributed by atoms with Crippen LogP contribution in [0.1, 0.15) is 52.7 Å². The molecule has 20 heavy (non-hydrogen) atoms. The van der Waals surface area contributed by atoms with Gasteiger partial charge in [0.25, 0.3) is 0 Å². The van der Waals surface area contributed by atoms with Crippen LogP contribution in [-0.4, -0.2) is 18.3 Å². The van der Waals surface area contributed by atoms with Crippen molar-refractivity contribution in [3.63, 3.8) is 0 Å². The van der Waals surface area contributed by atoms with Crippen LogP contribution >= 0.6 is 0 Å². The standard InChI is InChI=1S/C16H26BNO2/c1-11-10-12(14(2,3)18)8-9-13(11)17-19-15(4,5)16(6,7)20-17/h8-10H,18H2,1-7H3. The summed E-state index contributed by atoms with van der Waals surface area (Å²) in [5, 5.41) is 0. The summed E-state index contributed by atoms with van der Waals surface area (Å²) in [6.07, 6.45) is 0. The fourth-order valence-electron chi connectivity index (χ4n) is 2.31. The fraction of sp³-hybridized carbons (Fsp3) is 0.625. The van der Waals surface area contributed by atoms with E-state index in [1.165, 1.54) is 0 Å². The minimum atomic E-state index is -0.334. The van der Waals surface area contributed by atoms with E-state index in [0.717, 1.165) is 16.6 Å². The van der Waals surface area contributed by atoms with Crippen LogP contribution in [0.5, 0.6) is 0 Å². The van der Waals surface area contributed by atoms with E-state index in [2.05, 4.69) is 52.8 Å². The van der Waals surface area contributed by atoms with Gasteiger partial charge in [-0.15, -0.1) is 0 Å². The van der Waals surface area contributed by atoms with Gasteiger partial charge in [-0.25, -0.2) is 0 Å². The van der Waals surface area contributed by atoms with Gasteiger partial charge < -0.3 is 15.0 Å². The van der Waals surface area contributed by atoms with E-state index >= 15 is 0 Å². The highest BCUT2D eigenvalue weighted by Gasteiger charge is 2.52. The Kier molecular flexibility index (Phi) is 3.57. The molecule has 0 spiro atoms. The molecule has 2 rings (SSSR count). The third kappa shape index (κ3) is 2.65. The van der Waals surface area contributed by atoms with Crippen LogP contribution in [0.4, 0.5) is 0 Å². The molecule has 1 saturated heterocycles. The molecule has 0 unspecified atom stereocenters. The van der Waals surface area contributed by atoms with Crippen molar-refractivity contribution in [1.29, 1.82) is 0 Å². The number of rotatable bonds is 2. The molecule has 1 fully saturated rings. The zero-order chi connectivity index (χ0) is 15.3. The van der Waals surface area contributed by atoms with Gasteiger partial charge in [0.15, 0.2) is 0 Å². The maximum Gasteiger partial charge on any atom is 0.495 e. The van der Waals surface area contributed by atoms with Crippen molar-refractivity contribution in [3.8, 4) is 0 Å². The van der Waals surface area contributed by atoms with Crippen LogP contribution in [0.3, 0.4) is 0 Å². The molecule has 0 amide bonds. The zero-order valence-electron chi connectivity index (χ0n) is 13.7. The second-order valence-corrected chi connectivity index (χ2v) is 7.38. The van der Waals surface area contributed by atoms with E-state index in [4.69, 9.17) is 15.0 Å². The lowest BCUT2D eigenvalue weighted by Gasteiger charge is -2.32. The maximum absolute atomic E-state index is 6.15. The largest absolute Gasteiger partial charge is 0.495 e.